The number of likely N-dealkylation sites (tertiary alicyclic amines) is 1. The zero-order chi connectivity index (χ0) is 15.2. The average molecular weight is 421 g/mol. The molecule has 0 unspecified atom stereocenters. The van der Waals surface area contributed by atoms with Crippen LogP contribution >= 0.6 is 31.9 Å². The van der Waals surface area contributed by atoms with Gasteiger partial charge in [0.05, 0.1) is 24.3 Å². The smallest absolute Gasteiger partial charge is 0.253 e. The van der Waals surface area contributed by atoms with Gasteiger partial charge in [0.1, 0.15) is 5.75 Å². The van der Waals surface area contributed by atoms with E-state index in [0.717, 1.165) is 48.1 Å². The quantitative estimate of drug-likeness (QED) is 0.684. The van der Waals surface area contributed by atoms with Crippen molar-refractivity contribution in [1.82, 2.24) is 4.90 Å². The van der Waals surface area contributed by atoms with Gasteiger partial charge < -0.3 is 14.4 Å². The summed E-state index contributed by atoms with van der Waals surface area (Å²) in [6, 6.07) is 5.43. The van der Waals surface area contributed by atoms with Crippen LogP contribution in [-0.4, -0.2) is 49.0 Å². The molecule has 1 heterocycles. The molecule has 1 aromatic rings. The van der Waals surface area contributed by atoms with Crippen molar-refractivity contribution in [2.45, 2.75) is 18.9 Å². The largest absolute Gasteiger partial charge is 0.496 e. The highest BCUT2D eigenvalue weighted by atomic mass is 79.9. The van der Waals surface area contributed by atoms with Crippen molar-refractivity contribution in [3.8, 4) is 5.75 Å². The van der Waals surface area contributed by atoms with Crippen LogP contribution in [0, 0.1) is 0 Å². The van der Waals surface area contributed by atoms with Gasteiger partial charge >= 0.3 is 0 Å². The number of carbonyl (C=O) groups is 1. The van der Waals surface area contributed by atoms with E-state index >= 15 is 0 Å². The van der Waals surface area contributed by atoms with E-state index in [1.54, 1.807) is 13.2 Å². The standard InChI is InChI=1S/C15H19Br2NO3/c1-20-14-3-2-11(10-13(14)17)15(19)18-7-4-12(5-8-18)21-9-6-16/h2-3,10,12H,4-9H2,1H3. The number of piperidine rings is 1. The molecule has 0 spiro atoms. The predicted molar refractivity (Wildman–Crippen MR) is 89.4 cm³/mol. The highest BCUT2D eigenvalue weighted by Crippen LogP contribution is 2.26. The van der Waals surface area contributed by atoms with Crippen LogP contribution < -0.4 is 4.74 Å². The number of benzene rings is 1. The van der Waals surface area contributed by atoms with Gasteiger partial charge in [-0.3, -0.25) is 4.79 Å². The first-order valence-electron chi connectivity index (χ1n) is 6.96. The molecule has 116 valence electrons. The second-order valence-electron chi connectivity index (χ2n) is 4.90. The summed E-state index contributed by atoms with van der Waals surface area (Å²) in [4.78, 5) is 14.4. The molecule has 0 radical (unpaired) electrons. The Hall–Kier alpha value is -0.590. The van der Waals surface area contributed by atoms with E-state index in [1.165, 1.54) is 0 Å². The van der Waals surface area contributed by atoms with Crippen molar-refractivity contribution in [3.05, 3.63) is 28.2 Å². The molecule has 1 aliphatic heterocycles. The molecule has 1 saturated heterocycles. The number of rotatable bonds is 5. The van der Waals surface area contributed by atoms with Gasteiger partial charge in [-0.15, -0.1) is 0 Å². The van der Waals surface area contributed by atoms with Gasteiger partial charge in [-0.2, -0.15) is 0 Å². The fourth-order valence-corrected chi connectivity index (χ4v) is 3.15. The van der Waals surface area contributed by atoms with E-state index in [2.05, 4.69) is 31.9 Å². The predicted octanol–water partition coefficient (Wildman–Crippen LogP) is 3.47. The normalized spacial score (nSPS) is 16.0. The Kier molecular flexibility index (Phi) is 6.51. The fraction of sp³-hybridized carbons (Fsp3) is 0.533. The maximum absolute atomic E-state index is 12.5. The molecule has 21 heavy (non-hydrogen) atoms. The van der Waals surface area contributed by atoms with E-state index in [4.69, 9.17) is 9.47 Å². The number of methoxy groups -OCH3 is 1. The van der Waals surface area contributed by atoms with Gasteiger partial charge in [0.2, 0.25) is 0 Å². The lowest BCUT2D eigenvalue weighted by molar-refractivity contribution is 0.0160. The summed E-state index contributed by atoms with van der Waals surface area (Å²) in [5, 5.41) is 0.853. The molecule has 0 bridgehead atoms. The number of ether oxygens (including phenoxy) is 2. The monoisotopic (exact) mass is 419 g/mol. The SMILES string of the molecule is COc1ccc(C(=O)N2CCC(OCCBr)CC2)cc1Br. The minimum atomic E-state index is 0.0669. The fourth-order valence-electron chi connectivity index (χ4n) is 2.42. The van der Waals surface area contributed by atoms with Crippen LogP contribution in [-0.2, 0) is 4.74 Å². The Morgan fingerprint density at radius 3 is 2.67 bits per heavy atom. The number of nitrogens with zero attached hydrogens (tertiary/aromatic N) is 1. The molecule has 0 aromatic heterocycles. The van der Waals surface area contributed by atoms with Gasteiger partial charge in [0.25, 0.3) is 5.91 Å². The lowest BCUT2D eigenvalue weighted by atomic mass is 10.1. The molecule has 1 aliphatic rings. The minimum Gasteiger partial charge on any atom is -0.496 e. The lowest BCUT2D eigenvalue weighted by Gasteiger charge is -2.32. The van der Waals surface area contributed by atoms with E-state index in [1.807, 2.05) is 17.0 Å². The third-order valence-corrected chi connectivity index (χ3v) is 4.50. The molecule has 6 heteroatoms. The van der Waals surface area contributed by atoms with Crippen LogP contribution in [0.15, 0.2) is 22.7 Å². The Morgan fingerprint density at radius 2 is 2.10 bits per heavy atom. The molecule has 1 amide bonds. The first kappa shape index (κ1) is 16.8. The van der Waals surface area contributed by atoms with Crippen molar-refractivity contribution in [1.29, 1.82) is 0 Å². The first-order valence-corrected chi connectivity index (χ1v) is 8.87. The van der Waals surface area contributed by atoms with Crippen LogP contribution in [0.2, 0.25) is 0 Å². The van der Waals surface area contributed by atoms with Gasteiger partial charge in [0.15, 0.2) is 0 Å². The van der Waals surface area contributed by atoms with E-state index in [-0.39, 0.29) is 12.0 Å². The van der Waals surface area contributed by atoms with Crippen LogP contribution in [0.1, 0.15) is 23.2 Å². The topological polar surface area (TPSA) is 38.8 Å². The Labute approximate surface area is 142 Å². The molecule has 0 aliphatic carbocycles. The zero-order valence-corrected chi connectivity index (χ0v) is 15.2. The molecular weight excluding hydrogens is 402 g/mol. The summed E-state index contributed by atoms with van der Waals surface area (Å²) in [5.41, 5.74) is 0.683. The van der Waals surface area contributed by atoms with Crippen LogP contribution in [0.4, 0.5) is 0 Å². The molecule has 1 fully saturated rings. The summed E-state index contributed by atoms with van der Waals surface area (Å²) in [6.45, 7) is 2.22. The molecule has 2 rings (SSSR count). The Morgan fingerprint density at radius 1 is 1.38 bits per heavy atom. The molecule has 0 saturated carbocycles. The average Bonchev–Trinajstić information content (AvgIpc) is 2.52. The molecule has 1 aromatic carbocycles. The Balaban J connectivity index is 1.94. The summed E-state index contributed by atoms with van der Waals surface area (Å²) in [5.74, 6) is 0.797. The number of carbonyl (C=O) groups excluding carboxylic acids is 1. The number of hydrogen-bond donors (Lipinski definition) is 0. The maximum atomic E-state index is 12.5. The third-order valence-electron chi connectivity index (χ3n) is 3.56. The van der Waals surface area contributed by atoms with Crippen molar-refractivity contribution in [2.75, 3.05) is 32.1 Å². The van der Waals surface area contributed by atoms with Crippen molar-refractivity contribution in [2.24, 2.45) is 0 Å². The van der Waals surface area contributed by atoms with Crippen LogP contribution in [0.5, 0.6) is 5.75 Å². The maximum Gasteiger partial charge on any atom is 0.253 e. The van der Waals surface area contributed by atoms with E-state index < -0.39 is 0 Å². The number of halogens is 2. The lowest BCUT2D eigenvalue weighted by Crippen LogP contribution is -2.41. The Bertz CT molecular complexity index is 488. The number of amides is 1. The highest BCUT2D eigenvalue weighted by Gasteiger charge is 2.24. The number of alkyl halides is 1. The second kappa shape index (κ2) is 8.15. The van der Waals surface area contributed by atoms with Gasteiger partial charge in [-0.05, 0) is 47.0 Å². The van der Waals surface area contributed by atoms with Crippen molar-refractivity contribution < 1.29 is 14.3 Å². The van der Waals surface area contributed by atoms with Gasteiger partial charge in [-0.25, -0.2) is 0 Å². The summed E-state index contributed by atoms with van der Waals surface area (Å²) < 4.78 is 11.7. The summed E-state index contributed by atoms with van der Waals surface area (Å²) in [7, 11) is 1.61. The second-order valence-corrected chi connectivity index (χ2v) is 6.55. The molecule has 4 nitrogen and oxygen atoms in total. The van der Waals surface area contributed by atoms with Crippen molar-refractivity contribution >= 4 is 37.8 Å². The highest BCUT2D eigenvalue weighted by molar-refractivity contribution is 9.10. The van der Waals surface area contributed by atoms with Gasteiger partial charge in [-0.1, -0.05) is 15.9 Å². The summed E-state index contributed by atoms with van der Waals surface area (Å²) >= 11 is 6.77. The van der Waals surface area contributed by atoms with E-state index in [9.17, 15) is 4.79 Å². The molecule has 0 N–H and O–H groups in total. The first-order chi connectivity index (χ1) is 10.2. The van der Waals surface area contributed by atoms with E-state index in [0.29, 0.717) is 5.56 Å². The van der Waals surface area contributed by atoms with Gasteiger partial charge in [0, 0.05) is 24.0 Å². The zero-order valence-electron chi connectivity index (χ0n) is 12.0. The number of hydrogen-bond acceptors (Lipinski definition) is 3. The summed E-state index contributed by atoms with van der Waals surface area (Å²) in [6.07, 6.45) is 2.07. The minimum absolute atomic E-state index is 0.0669. The van der Waals surface area contributed by atoms with Crippen molar-refractivity contribution in [3.63, 3.8) is 0 Å². The van der Waals surface area contributed by atoms with Crippen LogP contribution in [0.3, 0.4) is 0 Å². The molecule has 0 atom stereocenters. The third kappa shape index (κ3) is 4.44. The van der Waals surface area contributed by atoms with Crippen LogP contribution in [0.25, 0.3) is 0 Å². The molecular formula is C15H19Br2NO3.